The molecule has 0 aliphatic heterocycles. The van der Waals surface area contributed by atoms with Gasteiger partial charge in [0.2, 0.25) is 0 Å². The largest absolute Gasteiger partial charge is 0.496 e. The maximum atomic E-state index is 6.62. The van der Waals surface area contributed by atoms with Crippen LogP contribution in [0.25, 0.3) is 0 Å². The molecule has 0 aliphatic rings. The van der Waals surface area contributed by atoms with Crippen LogP contribution in [0.5, 0.6) is 5.75 Å². The molecule has 0 fully saturated rings. The molecular weight excluding hydrogens is 328 g/mol. The third kappa shape index (κ3) is 2.67. The number of rotatable bonds is 3. The van der Waals surface area contributed by atoms with Crippen LogP contribution in [0.1, 0.15) is 33.4 Å². The maximum Gasteiger partial charge on any atom is 0.127 e. The van der Waals surface area contributed by atoms with Crippen molar-refractivity contribution in [2.45, 2.75) is 26.1 Å². The average molecular weight is 344 g/mol. The summed E-state index contributed by atoms with van der Waals surface area (Å²) in [7, 11) is 1.67. The van der Waals surface area contributed by atoms with Gasteiger partial charge in [0.25, 0.3) is 0 Å². The lowest BCUT2D eigenvalue weighted by Gasteiger charge is -2.19. The van der Waals surface area contributed by atoms with Gasteiger partial charge in [-0.3, -0.25) is 0 Å². The molecule has 2 nitrogen and oxygen atoms in total. The lowest BCUT2D eigenvalue weighted by Crippen LogP contribution is -2.02. The van der Waals surface area contributed by atoms with Crippen LogP contribution in [-0.4, -0.2) is 7.11 Å². The van der Waals surface area contributed by atoms with E-state index in [1.807, 2.05) is 32.9 Å². The first kappa shape index (κ1) is 14.5. The number of alkyl halides is 1. The number of hydrogen-bond acceptors (Lipinski definition) is 2. The lowest BCUT2D eigenvalue weighted by atomic mass is 9.97. The van der Waals surface area contributed by atoms with E-state index in [0.29, 0.717) is 0 Å². The van der Waals surface area contributed by atoms with Crippen LogP contribution >= 0.6 is 27.5 Å². The molecule has 0 aliphatic carbocycles. The second-order valence-electron chi connectivity index (χ2n) is 4.60. The Hall–Kier alpha value is -0.930. The monoisotopic (exact) mass is 342 g/mol. The van der Waals surface area contributed by atoms with E-state index in [1.165, 1.54) is 0 Å². The third-order valence-electron chi connectivity index (χ3n) is 3.21. The van der Waals surface area contributed by atoms with E-state index in [4.69, 9.17) is 20.8 Å². The van der Waals surface area contributed by atoms with E-state index in [9.17, 15) is 0 Å². The molecule has 0 spiro atoms. The first-order chi connectivity index (χ1) is 8.95. The molecule has 0 amide bonds. The van der Waals surface area contributed by atoms with Gasteiger partial charge in [-0.2, -0.15) is 0 Å². The van der Waals surface area contributed by atoms with Crippen LogP contribution in [0.2, 0.25) is 0 Å². The first-order valence-corrected chi connectivity index (χ1v) is 7.21. The van der Waals surface area contributed by atoms with Gasteiger partial charge in [0.1, 0.15) is 11.5 Å². The fraction of sp³-hybridized carbons (Fsp3) is 0.333. The maximum absolute atomic E-state index is 6.62. The highest BCUT2D eigenvalue weighted by Gasteiger charge is 2.22. The Labute approximate surface area is 126 Å². The second kappa shape index (κ2) is 5.59. The summed E-state index contributed by atoms with van der Waals surface area (Å²) in [6.07, 6.45) is 1.70. The summed E-state index contributed by atoms with van der Waals surface area (Å²) in [5.74, 6) is 1.68. The van der Waals surface area contributed by atoms with Gasteiger partial charge in [0, 0.05) is 15.6 Å². The van der Waals surface area contributed by atoms with Gasteiger partial charge in [0.15, 0.2) is 0 Å². The second-order valence-corrected chi connectivity index (χ2v) is 5.89. The summed E-state index contributed by atoms with van der Waals surface area (Å²) in [5, 5.41) is -0.288. The van der Waals surface area contributed by atoms with E-state index in [1.54, 1.807) is 13.4 Å². The minimum absolute atomic E-state index is 0.288. The highest BCUT2D eigenvalue weighted by molar-refractivity contribution is 9.10. The van der Waals surface area contributed by atoms with Crippen molar-refractivity contribution in [1.29, 1.82) is 0 Å². The number of halogens is 2. The van der Waals surface area contributed by atoms with Crippen molar-refractivity contribution in [3.8, 4) is 5.75 Å². The predicted molar refractivity (Wildman–Crippen MR) is 81.3 cm³/mol. The molecule has 0 radical (unpaired) electrons. The number of ether oxygens (including phenoxy) is 1. The van der Waals surface area contributed by atoms with E-state index in [2.05, 4.69) is 15.9 Å². The Morgan fingerprint density at radius 3 is 2.47 bits per heavy atom. The molecule has 0 bridgehead atoms. The highest BCUT2D eigenvalue weighted by Crippen LogP contribution is 2.42. The topological polar surface area (TPSA) is 22.4 Å². The van der Waals surface area contributed by atoms with E-state index in [0.717, 1.165) is 38.2 Å². The number of benzene rings is 1. The Morgan fingerprint density at radius 1 is 1.26 bits per heavy atom. The van der Waals surface area contributed by atoms with Crippen molar-refractivity contribution in [3.63, 3.8) is 0 Å². The molecule has 4 heteroatoms. The SMILES string of the molecule is COc1c(C)cc(Br)c(C)c1C(Cl)c1coc(C)c1. The van der Waals surface area contributed by atoms with Crippen LogP contribution in [0.4, 0.5) is 0 Å². The van der Waals surface area contributed by atoms with E-state index >= 15 is 0 Å². The van der Waals surface area contributed by atoms with Crippen molar-refractivity contribution < 1.29 is 9.15 Å². The smallest absolute Gasteiger partial charge is 0.127 e. The summed E-state index contributed by atoms with van der Waals surface area (Å²) in [6, 6.07) is 3.99. The van der Waals surface area contributed by atoms with Crippen LogP contribution in [-0.2, 0) is 0 Å². The van der Waals surface area contributed by atoms with Crippen molar-refractivity contribution in [3.05, 3.63) is 50.9 Å². The van der Waals surface area contributed by atoms with Crippen LogP contribution in [0.3, 0.4) is 0 Å². The van der Waals surface area contributed by atoms with Crippen LogP contribution < -0.4 is 4.74 Å². The highest BCUT2D eigenvalue weighted by atomic mass is 79.9. The molecular formula is C15H16BrClO2. The molecule has 1 aromatic heterocycles. The summed E-state index contributed by atoms with van der Waals surface area (Å²) in [5.41, 5.74) is 4.07. The molecule has 1 aromatic carbocycles. The lowest BCUT2D eigenvalue weighted by molar-refractivity contribution is 0.406. The summed E-state index contributed by atoms with van der Waals surface area (Å²) < 4.78 is 11.9. The van der Waals surface area contributed by atoms with Crippen molar-refractivity contribution in [2.24, 2.45) is 0 Å². The minimum atomic E-state index is -0.288. The Kier molecular flexibility index (Phi) is 4.26. The summed E-state index contributed by atoms with van der Waals surface area (Å²) in [4.78, 5) is 0. The Balaban J connectivity index is 2.60. The van der Waals surface area contributed by atoms with Gasteiger partial charge in [0.05, 0.1) is 18.8 Å². The standard InChI is InChI=1S/C15H16BrClO2/c1-8-5-12(16)10(3)13(15(8)18-4)14(17)11-6-9(2)19-7-11/h5-7,14H,1-4H3. The third-order valence-corrected chi connectivity index (χ3v) is 4.50. The molecule has 0 N–H and O–H groups in total. The molecule has 2 rings (SSSR count). The van der Waals surface area contributed by atoms with E-state index in [-0.39, 0.29) is 5.38 Å². The van der Waals surface area contributed by atoms with Gasteiger partial charge in [-0.15, -0.1) is 11.6 Å². The van der Waals surface area contributed by atoms with Crippen molar-refractivity contribution in [1.82, 2.24) is 0 Å². The van der Waals surface area contributed by atoms with Gasteiger partial charge in [-0.05, 0) is 44.0 Å². The molecule has 1 atom stereocenters. The predicted octanol–water partition coefficient (Wildman–Crippen LogP) is 5.30. The molecule has 19 heavy (non-hydrogen) atoms. The van der Waals surface area contributed by atoms with Crippen molar-refractivity contribution in [2.75, 3.05) is 7.11 Å². The summed E-state index contributed by atoms with van der Waals surface area (Å²) >= 11 is 10.2. The minimum Gasteiger partial charge on any atom is -0.496 e. The van der Waals surface area contributed by atoms with Gasteiger partial charge < -0.3 is 9.15 Å². The number of hydrogen-bond donors (Lipinski definition) is 0. The van der Waals surface area contributed by atoms with Gasteiger partial charge in [-0.25, -0.2) is 0 Å². The number of furan rings is 1. The molecule has 0 saturated carbocycles. The molecule has 1 heterocycles. The fourth-order valence-electron chi connectivity index (χ4n) is 2.21. The van der Waals surface area contributed by atoms with Crippen LogP contribution in [0, 0.1) is 20.8 Å². The Morgan fingerprint density at radius 2 is 1.95 bits per heavy atom. The van der Waals surface area contributed by atoms with Gasteiger partial charge in [-0.1, -0.05) is 15.9 Å². The number of aryl methyl sites for hydroxylation is 2. The molecule has 1 unspecified atom stereocenters. The van der Waals surface area contributed by atoms with Crippen LogP contribution in [0.15, 0.2) is 27.3 Å². The fourth-order valence-corrected chi connectivity index (χ4v) is 3.15. The quantitative estimate of drug-likeness (QED) is 0.705. The normalized spacial score (nSPS) is 12.5. The van der Waals surface area contributed by atoms with Gasteiger partial charge >= 0.3 is 0 Å². The molecule has 102 valence electrons. The van der Waals surface area contributed by atoms with E-state index < -0.39 is 0 Å². The number of methoxy groups -OCH3 is 1. The molecule has 2 aromatic rings. The molecule has 0 saturated heterocycles. The Bertz CT molecular complexity index is 604. The zero-order valence-electron chi connectivity index (χ0n) is 11.4. The summed E-state index contributed by atoms with van der Waals surface area (Å²) in [6.45, 7) is 5.95. The zero-order chi connectivity index (χ0) is 14.2. The van der Waals surface area contributed by atoms with Crippen molar-refractivity contribution >= 4 is 27.5 Å². The first-order valence-electron chi connectivity index (χ1n) is 5.98. The average Bonchev–Trinajstić information content (AvgIpc) is 2.79. The zero-order valence-corrected chi connectivity index (χ0v) is 13.7.